The fourth-order valence-electron chi connectivity index (χ4n) is 2.59. The average molecular weight is 358 g/mol. The molecule has 1 heterocycles. The number of benzene rings is 2. The number of carbonyl (C=O) groups excluding carboxylic acids is 1. The van der Waals surface area contributed by atoms with Gasteiger partial charge in [-0.3, -0.25) is 0 Å². The Hall–Kier alpha value is -2.77. The van der Waals surface area contributed by atoms with Crippen LogP contribution in [0.5, 0.6) is 17.2 Å². The number of amides is 2. The Labute approximate surface area is 152 Å². The number of methoxy groups -OCH3 is 1. The number of β-amino-alcohol motifs (C(OH)–C–C–N with tert-alkyl or cyclic N) is 1. The molecule has 26 heavy (non-hydrogen) atoms. The summed E-state index contributed by atoms with van der Waals surface area (Å²) >= 11 is 0. The van der Waals surface area contributed by atoms with Crippen LogP contribution in [0, 0.1) is 0 Å². The fraction of sp³-hybridized carbons (Fsp3) is 0.316. The number of rotatable bonds is 4. The number of carbonyl (C=O) groups is 1. The van der Waals surface area contributed by atoms with Crippen molar-refractivity contribution in [3.05, 3.63) is 48.5 Å². The van der Waals surface area contributed by atoms with Gasteiger partial charge in [-0.15, -0.1) is 0 Å². The van der Waals surface area contributed by atoms with E-state index in [0.717, 1.165) is 5.75 Å². The smallest absolute Gasteiger partial charge is 0.322 e. The lowest BCUT2D eigenvalue weighted by atomic mass is 10.3. The molecule has 0 radical (unpaired) electrons. The molecule has 2 aromatic rings. The van der Waals surface area contributed by atoms with E-state index in [0.29, 0.717) is 30.3 Å². The third-order valence-electron chi connectivity index (χ3n) is 3.92. The summed E-state index contributed by atoms with van der Waals surface area (Å²) in [6, 6.07) is 14.1. The SMILES string of the molecule is COc1cccc(Oc2ccc(NC(=O)N3CCOC[C@H](O)C3)cc2)c1. The number of nitrogens with one attached hydrogen (secondary N) is 1. The monoisotopic (exact) mass is 358 g/mol. The number of ether oxygens (including phenoxy) is 3. The van der Waals surface area contributed by atoms with Crippen LogP contribution < -0.4 is 14.8 Å². The molecule has 0 unspecified atom stereocenters. The van der Waals surface area contributed by atoms with Crippen LogP contribution in [0.2, 0.25) is 0 Å². The first-order chi connectivity index (χ1) is 12.6. The van der Waals surface area contributed by atoms with Gasteiger partial charge in [0.1, 0.15) is 17.2 Å². The average Bonchev–Trinajstić information content (AvgIpc) is 2.88. The van der Waals surface area contributed by atoms with E-state index in [1.807, 2.05) is 18.2 Å². The van der Waals surface area contributed by atoms with Crippen molar-refractivity contribution in [2.24, 2.45) is 0 Å². The summed E-state index contributed by atoms with van der Waals surface area (Å²) in [4.78, 5) is 13.9. The molecule has 1 atom stereocenters. The zero-order valence-corrected chi connectivity index (χ0v) is 14.6. The lowest BCUT2D eigenvalue weighted by Crippen LogP contribution is -2.40. The van der Waals surface area contributed by atoms with Crippen LogP contribution >= 0.6 is 0 Å². The van der Waals surface area contributed by atoms with Gasteiger partial charge in [-0.05, 0) is 36.4 Å². The maximum absolute atomic E-state index is 12.3. The van der Waals surface area contributed by atoms with Gasteiger partial charge in [-0.25, -0.2) is 4.79 Å². The molecule has 0 bridgehead atoms. The van der Waals surface area contributed by atoms with Crippen molar-refractivity contribution in [2.75, 3.05) is 38.7 Å². The summed E-state index contributed by atoms with van der Waals surface area (Å²) in [5.74, 6) is 2.03. The molecule has 0 spiro atoms. The Morgan fingerprint density at radius 3 is 2.73 bits per heavy atom. The van der Waals surface area contributed by atoms with Gasteiger partial charge in [0.15, 0.2) is 0 Å². The maximum Gasteiger partial charge on any atom is 0.322 e. The van der Waals surface area contributed by atoms with E-state index >= 15 is 0 Å². The molecule has 0 aromatic heterocycles. The van der Waals surface area contributed by atoms with E-state index in [2.05, 4.69) is 5.32 Å². The molecule has 0 aliphatic carbocycles. The molecule has 3 rings (SSSR count). The molecular formula is C19H22N2O5. The minimum absolute atomic E-state index is 0.250. The summed E-state index contributed by atoms with van der Waals surface area (Å²) in [6.07, 6.45) is -0.665. The van der Waals surface area contributed by atoms with Gasteiger partial charge in [0.25, 0.3) is 0 Å². The van der Waals surface area contributed by atoms with E-state index < -0.39 is 6.10 Å². The van der Waals surface area contributed by atoms with Gasteiger partial charge >= 0.3 is 6.03 Å². The highest BCUT2D eigenvalue weighted by atomic mass is 16.5. The minimum atomic E-state index is -0.665. The van der Waals surface area contributed by atoms with E-state index in [1.165, 1.54) is 0 Å². The molecule has 7 nitrogen and oxygen atoms in total. The zero-order chi connectivity index (χ0) is 18.4. The van der Waals surface area contributed by atoms with Crippen molar-refractivity contribution in [2.45, 2.75) is 6.10 Å². The molecule has 138 valence electrons. The van der Waals surface area contributed by atoms with Gasteiger partial charge in [-0.1, -0.05) is 6.07 Å². The summed E-state index contributed by atoms with van der Waals surface area (Å²) < 4.78 is 16.2. The second kappa shape index (κ2) is 8.55. The van der Waals surface area contributed by atoms with Gasteiger partial charge in [0.2, 0.25) is 0 Å². The molecule has 0 saturated carbocycles. The largest absolute Gasteiger partial charge is 0.497 e. The van der Waals surface area contributed by atoms with Gasteiger partial charge in [0, 0.05) is 18.3 Å². The highest BCUT2D eigenvalue weighted by molar-refractivity contribution is 5.89. The van der Waals surface area contributed by atoms with Crippen molar-refractivity contribution in [3.63, 3.8) is 0 Å². The number of hydrogen-bond acceptors (Lipinski definition) is 5. The van der Waals surface area contributed by atoms with Gasteiger partial charge in [0.05, 0.1) is 33.0 Å². The van der Waals surface area contributed by atoms with Crippen molar-refractivity contribution in [1.29, 1.82) is 0 Å². The summed E-state index contributed by atoms with van der Waals surface area (Å²) in [5, 5.41) is 12.5. The van der Waals surface area contributed by atoms with E-state index in [9.17, 15) is 9.90 Å². The Morgan fingerprint density at radius 2 is 1.96 bits per heavy atom. The minimum Gasteiger partial charge on any atom is -0.497 e. The molecule has 1 aliphatic rings. The third-order valence-corrected chi connectivity index (χ3v) is 3.92. The molecule has 2 N–H and O–H groups in total. The second-order valence-electron chi connectivity index (χ2n) is 5.91. The maximum atomic E-state index is 12.3. The number of nitrogens with zero attached hydrogens (tertiary/aromatic N) is 1. The first kappa shape index (κ1) is 18.0. The highest BCUT2D eigenvalue weighted by Gasteiger charge is 2.20. The molecular weight excluding hydrogens is 336 g/mol. The number of urea groups is 1. The Kier molecular flexibility index (Phi) is 5.93. The Morgan fingerprint density at radius 1 is 1.19 bits per heavy atom. The number of anilines is 1. The number of aliphatic hydroxyl groups excluding tert-OH is 1. The number of aliphatic hydroxyl groups is 1. The van der Waals surface area contributed by atoms with Crippen LogP contribution in [0.15, 0.2) is 48.5 Å². The van der Waals surface area contributed by atoms with Crippen LogP contribution in [-0.2, 0) is 4.74 Å². The quantitative estimate of drug-likeness (QED) is 0.878. The molecule has 1 aliphatic heterocycles. The van der Waals surface area contributed by atoms with E-state index in [4.69, 9.17) is 14.2 Å². The first-order valence-corrected chi connectivity index (χ1v) is 8.38. The lowest BCUT2D eigenvalue weighted by molar-refractivity contribution is 0.0575. The van der Waals surface area contributed by atoms with Crippen LogP contribution in [0.3, 0.4) is 0 Å². The molecule has 2 aromatic carbocycles. The first-order valence-electron chi connectivity index (χ1n) is 8.38. The lowest BCUT2D eigenvalue weighted by Gasteiger charge is -2.21. The summed E-state index contributed by atoms with van der Waals surface area (Å²) in [7, 11) is 1.60. The van der Waals surface area contributed by atoms with Crippen LogP contribution in [0.25, 0.3) is 0 Å². The summed E-state index contributed by atoms with van der Waals surface area (Å²) in [5.41, 5.74) is 0.646. The fourth-order valence-corrected chi connectivity index (χ4v) is 2.59. The molecule has 1 fully saturated rings. The summed E-state index contributed by atoms with van der Waals surface area (Å²) in [6.45, 7) is 1.36. The molecule has 7 heteroatoms. The van der Waals surface area contributed by atoms with Gasteiger partial charge in [-0.2, -0.15) is 0 Å². The third kappa shape index (κ3) is 4.87. The van der Waals surface area contributed by atoms with E-state index in [1.54, 1.807) is 42.3 Å². The van der Waals surface area contributed by atoms with Gasteiger partial charge < -0.3 is 29.5 Å². The van der Waals surface area contributed by atoms with E-state index in [-0.39, 0.29) is 19.2 Å². The predicted molar refractivity (Wildman–Crippen MR) is 96.9 cm³/mol. The van der Waals surface area contributed by atoms with Crippen LogP contribution in [0.4, 0.5) is 10.5 Å². The van der Waals surface area contributed by atoms with Crippen molar-refractivity contribution >= 4 is 11.7 Å². The second-order valence-corrected chi connectivity index (χ2v) is 5.91. The standard InChI is InChI=1S/C19H22N2O5/c1-24-17-3-2-4-18(11-17)26-16-7-5-14(6-8-16)20-19(23)21-9-10-25-13-15(22)12-21/h2-8,11,15,22H,9-10,12-13H2,1H3,(H,20,23)/t15-/m1/s1. The topological polar surface area (TPSA) is 80.3 Å². The Bertz CT molecular complexity index is 735. The molecule has 1 saturated heterocycles. The van der Waals surface area contributed by atoms with Crippen LogP contribution in [-0.4, -0.2) is 55.6 Å². The van der Waals surface area contributed by atoms with Crippen molar-refractivity contribution < 1.29 is 24.1 Å². The number of hydrogen-bond donors (Lipinski definition) is 2. The zero-order valence-electron chi connectivity index (χ0n) is 14.6. The molecule has 2 amide bonds. The highest BCUT2D eigenvalue weighted by Crippen LogP contribution is 2.26. The predicted octanol–water partition coefficient (Wildman–Crippen LogP) is 2.71. The van der Waals surface area contributed by atoms with Crippen molar-refractivity contribution in [1.82, 2.24) is 4.90 Å². The normalized spacial score (nSPS) is 17.3. The van der Waals surface area contributed by atoms with Crippen molar-refractivity contribution in [3.8, 4) is 17.2 Å². The van der Waals surface area contributed by atoms with Crippen LogP contribution in [0.1, 0.15) is 0 Å². The Balaban J connectivity index is 1.59.